The first-order chi connectivity index (χ1) is 13.0. The fourth-order valence-electron chi connectivity index (χ4n) is 3.07. The second kappa shape index (κ2) is 8.49. The Morgan fingerprint density at radius 1 is 1.04 bits per heavy atom. The Kier molecular flexibility index (Phi) is 5.86. The van der Waals surface area contributed by atoms with Gasteiger partial charge in [-0.3, -0.25) is 14.4 Å². The van der Waals surface area contributed by atoms with Crippen LogP contribution < -0.4 is 5.32 Å². The molecule has 1 aliphatic heterocycles. The molecule has 0 unspecified atom stereocenters. The Morgan fingerprint density at radius 3 is 2.44 bits per heavy atom. The molecule has 1 atom stereocenters. The van der Waals surface area contributed by atoms with E-state index in [0.717, 1.165) is 12.0 Å². The van der Waals surface area contributed by atoms with Crippen LogP contribution in [0.1, 0.15) is 28.4 Å². The van der Waals surface area contributed by atoms with Gasteiger partial charge in [-0.15, -0.1) is 0 Å². The number of ether oxygens (including phenoxy) is 1. The molecule has 0 radical (unpaired) electrons. The first kappa shape index (κ1) is 18.6. The van der Waals surface area contributed by atoms with E-state index in [1.165, 1.54) is 5.56 Å². The van der Waals surface area contributed by atoms with Gasteiger partial charge in [-0.2, -0.15) is 0 Å². The molecule has 140 valence electrons. The number of fused-ring (bicyclic) bond motifs is 1. The Morgan fingerprint density at radius 2 is 1.70 bits per heavy atom. The van der Waals surface area contributed by atoms with E-state index in [1.807, 2.05) is 18.2 Å². The predicted octanol–water partition coefficient (Wildman–Crippen LogP) is 1.93. The highest BCUT2D eigenvalue weighted by Crippen LogP contribution is 2.19. The van der Waals surface area contributed by atoms with E-state index in [4.69, 9.17) is 4.74 Å². The van der Waals surface area contributed by atoms with Gasteiger partial charge in [-0.05, 0) is 36.6 Å². The van der Waals surface area contributed by atoms with Gasteiger partial charge in [0.05, 0.1) is 0 Å². The molecule has 6 nitrogen and oxygen atoms in total. The van der Waals surface area contributed by atoms with Crippen LogP contribution in [-0.4, -0.2) is 41.9 Å². The van der Waals surface area contributed by atoms with Crippen molar-refractivity contribution in [1.29, 1.82) is 0 Å². The van der Waals surface area contributed by atoms with Crippen LogP contribution in [0.3, 0.4) is 0 Å². The molecule has 1 heterocycles. The number of carbonyl (C=O) groups excluding carboxylic acids is 3. The summed E-state index contributed by atoms with van der Waals surface area (Å²) in [6, 6.07) is 16.6. The highest BCUT2D eigenvalue weighted by Gasteiger charge is 2.26. The summed E-state index contributed by atoms with van der Waals surface area (Å²) >= 11 is 0. The zero-order valence-electron chi connectivity index (χ0n) is 15.2. The molecule has 6 heteroatoms. The number of amides is 2. The van der Waals surface area contributed by atoms with Gasteiger partial charge < -0.3 is 15.0 Å². The average Bonchev–Trinajstić information content (AvgIpc) is 2.71. The van der Waals surface area contributed by atoms with E-state index >= 15 is 0 Å². The second-order valence-corrected chi connectivity index (χ2v) is 6.46. The molecule has 3 rings (SSSR count). The number of carbonyl (C=O) groups is 3. The lowest BCUT2D eigenvalue weighted by Crippen LogP contribution is -2.43. The topological polar surface area (TPSA) is 75.7 Å². The van der Waals surface area contributed by atoms with Gasteiger partial charge in [0.1, 0.15) is 6.54 Å². The van der Waals surface area contributed by atoms with Crippen LogP contribution in [-0.2, 0) is 27.3 Å². The minimum atomic E-state index is -0.892. The molecule has 0 fully saturated rings. The van der Waals surface area contributed by atoms with Crippen molar-refractivity contribution < 1.29 is 19.1 Å². The summed E-state index contributed by atoms with van der Waals surface area (Å²) in [7, 11) is 0. The Labute approximate surface area is 158 Å². The molecule has 0 saturated carbocycles. The maximum atomic E-state index is 12.6. The maximum absolute atomic E-state index is 12.6. The maximum Gasteiger partial charge on any atom is 0.326 e. The summed E-state index contributed by atoms with van der Waals surface area (Å²) in [4.78, 5) is 38.2. The molecule has 1 aliphatic rings. The molecule has 2 aromatic carbocycles. The number of hydrogen-bond acceptors (Lipinski definition) is 4. The lowest BCUT2D eigenvalue weighted by molar-refractivity contribution is -0.158. The molecule has 0 aliphatic carbocycles. The summed E-state index contributed by atoms with van der Waals surface area (Å²) in [6.45, 7) is 2.39. The zero-order valence-corrected chi connectivity index (χ0v) is 15.2. The van der Waals surface area contributed by atoms with Crippen molar-refractivity contribution in [1.82, 2.24) is 10.2 Å². The van der Waals surface area contributed by atoms with Crippen LogP contribution in [0.15, 0.2) is 54.6 Å². The molecular weight excluding hydrogens is 344 g/mol. The molecule has 1 N–H and O–H groups in total. The third kappa shape index (κ3) is 4.73. The highest BCUT2D eigenvalue weighted by molar-refractivity contribution is 5.96. The van der Waals surface area contributed by atoms with Crippen molar-refractivity contribution in [2.45, 2.75) is 26.0 Å². The largest absolute Gasteiger partial charge is 0.451 e. The van der Waals surface area contributed by atoms with E-state index in [0.29, 0.717) is 18.7 Å². The normalized spacial score (nSPS) is 14.0. The summed E-state index contributed by atoms with van der Waals surface area (Å²) in [5.74, 6) is -1.23. The van der Waals surface area contributed by atoms with Crippen molar-refractivity contribution in [3.05, 3.63) is 71.3 Å². The van der Waals surface area contributed by atoms with Crippen LogP contribution in [0.2, 0.25) is 0 Å². The van der Waals surface area contributed by atoms with Crippen LogP contribution >= 0.6 is 0 Å². The van der Waals surface area contributed by atoms with Crippen molar-refractivity contribution in [3.8, 4) is 0 Å². The molecule has 0 spiro atoms. The Hall–Kier alpha value is -3.15. The van der Waals surface area contributed by atoms with Crippen LogP contribution in [0.5, 0.6) is 0 Å². The minimum absolute atomic E-state index is 0.229. The van der Waals surface area contributed by atoms with Crippen molar-refractivity contribution >= 4 is 17.8 Å². The second-order valence-electron chi connectivity index (χ2n) is 6.46. The smallest absolute Gasteiger partial charge is 0.326 e. The third-order valence-electron chi connectivity index (χ3n) is 4.53. The van der Waals surface area contributed by atoms with Crippen LogP contribution in [0.4, 0.5) is 0 Å². The summed E-state index contributed by atoms with van der Waals surface area (Å²) in [5, 5.41) is 2.50. The Balaban J connectivity index is 1.48. The first-order valence-electron chi connectivity index (χ1n) is 8.93. The van der Waals surface area contributed by atoms with Gasteiger partial charge in [-0.25, -0.2) is 0 Å². The van der Waals surface area contributed by atoms with Gasteiger partial charge in [0, 0.05) is 18.7 Å². The van der Waals surface area contributed by atoms with Gasteiger partial charge in [0.2, 0.25) is 0 Å². The third-order valence-corrected chi connectivity index (χ3v) is 4.53. The predicted molar refractivity (Wildman–Crippen MR) is 99.9 cm³/mol. The van der Waals surface area contributed by atoms with Gasteiger partial charge in [-0.1, -0.05) is 42.5 Å². The lowest BCUT2D eigenvalue weighted by Gasteiger charge is -2.30. The molecule has 27 heavy (non-hydrogen) atoms. The number of nitrogens with zero attached hydrogens (tertiary/aromatic N) is 1. The Bertz CT molecular complexity index is 835. The number of benzene rings is 2. The fraction of sp³-hybridized carbons (Fsp3) is 0.286. The molecule has 0 saturated heterocycles. The van der Waals surface area contributed by atoms with E-state index in [-0.39, 0.29) is 18.4 Å². The molecular formula is C21H22N2O4. The molecule has 2 amide bonds. The van der Waals surface area contributed by atoms with Crippen LogP contribution in [0, 0.1) is 0 Å². The zero-order chi connectivity index (χ0) is 19.2. The molecule has 0 bridgehead atoms. The number of hydrogen-bond donors (Lipinski definition) is 1. The highest BCUT2D eigenvalue weighted by atomic mass is 16.5. The SMILES string of the molecule is C[C@@H](OC(=O)CNC(=O)c1ccccc1)C(=O)N1CCc2ccccc2C1. The number of nitrogens with one attached hydrogen (secondary N) is 1. The summed E-state index contributed by atoms with van der Waals surface area (Å²) in [6.07, 6.45) is -0.105. The van der Waals surface area contributed by atoms with Crippen molar-refractivity contribution in [2.24, 2.45) is 0 Å². The fourth-order valence-corrected chi connectivity index (χ4v) is 3.07. The number of esters is 1. The summed E-state index contributed by atoms with van der Waals surface area (Å²) < 4.78 is 5.19. The first-order valence-corrected chi connectivity index (χ1v) is 8.93. The van der Waals surface area contributed by atoms with Crippen molar-refractivity contribution in [2.75, 3.05) is 13.1 Å². The minimum Gasteiger partial charge on any atom is -0.451 e. The van der Waals surface area contributed by atoms with Crippen molar-refractivity contribution in [3.63, 3.8) is 0 Å². The molecule has 2 aromatic rings. The van der Waals surface area contributed by atoms with Gasteiger partial charge >= 0.3 is 5.97 Å². The standard InChI is InChI=1S/C21H22N2O4/c1-15(21(26)23-12-11-16-7-5-6-10-18(16)14-23)27-19(24)13-22-20(25)17-8-3-2-4-9-17/h2-10,15H,11-14H2,1H3,(H,22,25)/t15-/m1/s1. The monoisotopic (exact) mass is 366 g/mol. The van der Waals surface area contributed by atoms with Gasteiger partial charge in [0.15, 0.2) is 6.10 Å². The summed E-state index contributed by atoms with van der Waals surface area (Å²) in [5.41, 5.74) is 2.82. The van der Waals surface area contributed by atoms with E-state index in [1.54, 1.807) is 42.2 Å². The molecule has 0 aromatic heterocycles. The van der Waals surface area contributed by atoms with E-state index in [9.17, 15) is 14.4 Å². The van der Waals surface area contributed by atoms with E-state index in [2.05, 4.69) is 11.4 Å². The number of rotatable bonds is 5. The van der Waals surface area contributed by atoms with E-state index < -0.39 is 12.1 Å². The average molecular weight is 366 g/mol. The van der Waals surface area contributed by atoms with Gasteiger partial charge in [0.25, 0.3) is 11.8 Å². The lowest BCUT2D eigenvalue weighted by atomic mass is 9.99. The van der Waals surface area contributed by atoms with Crippen LogP contribution in [0.25, 0.3) is 0 Å². The quantitative estimate of drug-likeness (QED) is 0.821.